The number of fused-ring (bicyclic) bond motifs is 2. The lowest BCUT2D eigenvalue weighted by atomic mass is 10.00. The summed E-state index contributed by atoms with van der Waals surface area (Å²) >= 11 is 0. The molecule has 1 aromatic carbocycles. The molecular weight excluding hydrogens is 338 g/mol. The second-order valence-corrected chi connectivity index (χ2v) is 8.52. The summed E-state index contributed by atoms with van der Waals surface area (Å²) in [5.74, 6) is 0.443. The van der Waals surface area contributed by atoms with E-state index in [1.54, 1.807) is 28.7 Å². The summed E-state index contributed by atoms with van der Waals surface area (Å²) in [7, 11) is -3.56. The molecule has 2 unspecified atom stereocenters. The Bertz CT molecular complexity index is 821. The predicted octanol–water partition coefficient (Wildman–Crippen LogP) is 2.84. The van der Waals surface area contributed by atoms with Gasteiger partial charge in [-0.2, -0.15) is 9.40 Å². The Labute approximate surface area is 148 Å². The van der Waals surface area contributed by atoms with Gasteiger partial charge in [-0.1, -0.05) is 12.1 Å². The highest BCUT2D eigenvalue weighted by Crippen LogP contribution is 2.44. The van der Waals surface area contributed by atoms with Crippen molar-refractivity contribution in [3.63, 3.8) is 0 Å². The fourth-order valence-corrected chi connectivity index (χ4v) is 6.29. The topological polar surface area (TPSA) is 64.4 Å². The van der Waals surface area contributed by atoms with Crippen LogP contribution in [0.15, 0.2) is 47.6 Å². The first kappa shape index (κ1) is 16.6. The van der Waals surface area contributed by atoms with E-state index in [0.717, 1.165) is 25.7 Å². The Morgan fingerprint density at radius 2 is 1.84 bits per heavy atom. The molecule has 2 fully saturated rings. The molecule has 134 valence electrons. The van der Waals surface area contributed by atoms with Gasteiger partial charge in [0.15, 0.2) is 0 Å². The van der Waals surface area contributed by atoms with Crippen LogP contribution in [-0.4, -0.2) is 41.2 Å². The van der Waals surface area contributed by atoms with Crippen LogP contribution in [0, 0.1) is 0 Å². The minimum atomic E-state index is -3.56. The molecule has 2 atom stereocenters. The smallest absolute Gasteiger partial charge is 0.247 e. The van der Waals surface area contributed by atoms with Crippen LogP contribution in [-0.2, 0) is 10.0 Å². The average Bonchev–Trinajstić information content (AvgIpc) is 3.23. The molecule has 2 aromatic rings. The number of sulfonamides is 1. The van der Waals surface area contributed by atoms with Crippen molar-refractivity contribution in [2.45, 2.75) is 55.6 Å². The van der Waals surface area contributed by atoms with E-state index in [0.29, 0.717) is 12.4 Å². The Kier molecular flexibility index (Phi) is 4.29. The molecule has 2 bridgehead atoms. The molecule has 2 aliphatic heterocycles. The van der Waals surface area contributed by atoms with Crippen LogP contribution in [0.4, 0.5) is 0 Å². The summed E-state index contributed by atoms with van der Waals surface area (Å²) in [5.41, 5.74) is 0. The zero-order valence-electron chi connectivity index (χ0n) is 14.3. The molecule has 0 aliphatic carbocycles. The maximum atomic E-state index is 13.4. The van der Waals surface area contributed by atoms with Gasteiger partial charge in [-0.3, -0.25) is 4.68 Å². The number of aromatic nitrogens is 2. The quantitative estimate of drug-likeness (QED) is 0.821. The van der Waals surface area contributed by atoms with Gasteiger partial charge < -0.3 is 4.74 Å². The highest BCUT2D eigenvalue weighted by molar-refractivity contribution is 7.89. The third kappa shape index (κ3) is 2.85. The lowest BCUT2D eigenvalue weighted by Gasteiger charge is -2.38. The molecule has 1 aromatic heterocycles. The molecule has 0 spiro atoms. The third-order valence-corrected chi connectivity index (χ3v) is 7.29. The lowest BCUT2D eigenvalue weighted by Crippen LogP contribution is -2.46. The average molecular weight is 361 g/mol. The number of piperidine rings is 1. The van der Waals surface area contributed by atoms with Crippen LogP contribution >= 0.6 is 0 Å². The Hall–Kier alpha value is -1.86. The highest BCUT2D eigenvalue weighted by Gasteiger charge is 2.48. The summed E-state index contributed by atoms with van der Waals surface area (Å²) in [6.45, 7) is 2.31. The molecule has 4 rings (SSSR count). The van der Waals surface area contributed by atoms with Crippen molar-refractivity contribution >= 4 is 10.0 Å². The van der Waals surface area contributed by atoms with Gasteiger partial charge in [-0.15, -0.1) is 0 Å². The molecule has 0 amide bonds. The summed E-state index contributed by atoms with van der Waals surface area (Å²) in [4.78, 5) is 0.284. The number of ether oxygens (including phenoxy) is 1. The van der Waals surface area contributed by atoms with E-state index in [4.69, 9.17) is 4.74 Å². The van der Waals surface area contributed by atoms with Crippen LogP contribution in [0.5, 0.6) is 5.75 Å². The number of benzene rings is 1. The van der Waals surface area contributed by atoms with Gasteiger partial charge in [0, 0.05) is 24.5 Å². The molecule has 2 aliphatic rings. The summed E-state index contributed by atoms with van der Waals surface area (Å²) < 4.78 is 36.0. The van der Waals surface area contributed by atoms with Crippen molar-refractivity contribution in [2.75, 3.05) is 6.61 Å². The minimum Gasteiger partial charge on any atom is -0.492 e. The monoisotopic (exact) mass is 361 g/mol. The fraction of sp³-hybridized carbons (Fsp3) is 0.500. The van der Waals surface area contributed by atoms with Crippen molar-refractivity contribution in [2.24, 2.45) is 0 Å². The van der Waals surface area contributed by atoms with E-state index in [1.165, 1.54) is 0 Å². The van der Waals surface area contributed by atoms with Gasteiger partial charge in [0.1, 0.15) is 10.6 Å². The van der Waals surface area contributed by atoms with Gasteiger partial charge in [0.2, 0.25) is 10.0 Å². The maximum absolute atomic E-state index is 13.4. The number of para-hydroxylation sites is 1. The molecule has 3 heterocycles. The molecular formula is C18H23N3O3S. The second kappa shape index (κ2) is 6.46. The van der Waals surface area contributed by atoms with Crippen LogP contribution in [0.3, 0.4) is 0 Å². The van der Waals surface area contributed by atoms with Crippen LogP contribution in [0.1, 0.15) is 38.6 Å². The van der Waals surface area contributed by atoms with Gasteiger partial charge in [-0.25, -0.2) is 8.42 Å². The minimum absolute atomic E-state index is 0.0348. The molecule has 0 radical (unpaired) electrons. The molecule has 2 saturated heterocycles. The zero-order valence-corrected chi connectivity index (χ0v) is 15.1. The predicted molar refractivity (Wildman–Crippen MR) is 93.9 cm³/mol. The van der Waals surface area contributed by atoms with E-state index < -0.39 is 10.0 Å². The Morgan fingerprint density at radius 1 is 1.12 bits per heavy atom. The molecule has 25 heavy (non-hydrogen) atoms. The van der Waals surface area contributed by atoms with Crippen molar-refractivity contribution in [3.05, 3.63) is 42.7 Å². The van der Waals surface area contributed by atoms with Gasteiger partial charge in [0.25, 0.3) is 0 Å². The number of rotatable bonds is 5. The summed E-state index contributed by atoms with van der Waals surface area (Å²) in [5, 5.41) is 4.35. The molecule has 0 N–H and O–H groups in total. The van der Waals surface area contributed by atoms with Crippen molar-refractivity contribution in [1.82, 2.24) is 14.1 Å². The third-order valence-electron chi connectivity index (χ3n) is 5.24. The second-order valence-electron chi connectivity index (χ2n) is 6.71. The molecule has 6 nitrogen and oxygen atoms in total. The maximum Gasteiger partial charge on any atom is 0.247 e. The SMILES string of the molecule is CCOc1ccccc1S(=O)(=O)N1C2CCC1CC(n1cccn1)C2. The first-order valence-electron chi connectivity index (χ1n) is 8.85. The number of nitrogens with zero attached hydrogens (tertiary/aromatic N) is 3. The zero-order chi connectivity index (χ0) is 17.4. The Morgan fingerprint density at radius 3 is 2.48 bits per heavy atom. The highest BCUT2D eigenvalue weighted by atomic mass is 32.2. The molecule has 0 saturated carbocycles. The van der Waals surface area contributed by atoms with E-state index >= 15 is 0 Å². The lowest BCUT2D eigenvalue weighted by molar-refractivity contribution is 0.184. The van der Waals surface area contributed by atoms with Crippen LogP contribution in [0.25, 0.3) is 0 Å². The van der Waals surface area contributed by atoms with Gasteiger partial charge >= 0.3 is 0 Å². The van der Waals surface area contributed by atoms with E-state index in [2.05, 4.69) is 5.10 Å². The van der Waals surface area contributed by atoms with Crippen LogP contribution < -0.4 is 4.74 Å². The van der Waals surface area contributed by atoms with E-state index in [9.17, 15) is 8.42 Å². The van der Waals surface area contributed by atoms with Crippen LogP contribution in [0.2, 0.25) is 0 Å². The van der Waals surface area contributed by atoms with Crippen molar-refractivity contribution in [3.8, 4) is 5.75 Å². The molecule has 7 heteroatoms. The Balaban J connectivity index is 1.64. The van der Waals surface area contributed by atoms with Gasteiger partial charge in [0.05, 0.1) is 12.6 Å². The largest absolute Gasteiger partial charge is 0.492 e. The summed E-state index contributed by atoms with van der Waals surface area (Å²) in [6.07, 6.45) is 7.21. The number of hydrogen-bond donors (Lipinski definition) is 0. The van der Waals surface area contributed by atoms with E-state index in [1.807, 2.05) is 29.9 Å². The fourth-order valence-electron chi connectivity index (χ4n) is 4.26. The standard InChI is InChI=1S/C18H23N3O3S/c1-2-24-17-6-3-4-7-18(17)25(22,23)21-14-8-9-15(21)13-16(12-14)20-11-5-10-19-20/h3-7,10-11,14-16H,2,8-9,12-13H2,1H3. The summed E-state index contributed by atoms with van der Waals surface area (Å²) in [6, 6.07) is 9.22. The van der Waals surface area contributed by atoms with Crippen molar-refractivity contribution < 1.29 is 13.2 Å². The number of hydrogen-bond acceptors (Lipinski definition) is 4. The first-order valence-corrected chi connectivity index (χ1v) is 10.3. The first-order chi connectivity index (χ1) is 12.1. The van der Waals surface area contributed by atoms with Crippen molar-refractivity contribution in [1.29, 1.82) is 0 Å². The van der Waals surface area contributed by atoms with E-state index in [-0.39, 0.29) is 23.0 Å². The normalized spacial score (nSPS) is 26.7. The van der Waals surface area contributed by atoms with Gasteiger partial charge in [-0.05, 0) is 50.8 Å².